The van der Waals surface area contributed by atoms with Gasteiger partial charge in [0, 0.05) is 12.2 Å². The number of aliphatic imine (C=N–C) groups is 1. The van der Waals surface area contributed by atoms with Crippen LogP contribution in [-0.2, 0) is 12.1 Å². The first kappa shape index (κ1) is 25.5. The van der Waals surface area contributed by atoms with Crippen molar-refractivity contribution >= 4 is 41.5 Å². The summed E-state index contributed by atoms with van der Waals surface area (Å²) in [6.07, 6.45) is 1.46. The highest BCUT2D eigenvalue weighted by Crippen LogP contribution is 2.22. The molecule has 0 saturated carbocycles. The zero-order valence-electron chi connectivity index (χ0n) is 18.3. The first-order chi connectivity index (χ1) is 14.9. The van der Waals surface area contributed by atoms with Crippen LogP contribution in [0.25, 0.3) is 0 Å². The molecule has 0 aliphatic heterocycles. The number of guanidine groups is 1. The van der Waals surface area contributed by atoms with Gasteiger partial charge in [0.1, 0.15) is 17.1 Å². The SMILES string of the molecule is CCNC(=NCc1ccc(NC(=O)c2ccco2)cc1)NCC(C)(O)c1ccc(C)o1.I. The minimum absolute atomic E-state index is 0. The molecule has 4 N–H and O–H groups in total. The lowest BCUT2D eigenvalue weighted by Gasteiger charge is -2.22. The molecule has 0 fully saturated rings. The summed E-state index contributed by atoms with van der Waals surface area (Å²) in [5.41, 5.74) is 0.476. The number of nitrogens with one attached hydrogen (secondary N) is 3. The molecule has 3 aromatic rings. The second kappa shape index (κ2) is 11.7. The number of carbonyl (C=O) groups excluding carboxylic acids is 1. The van der Waals surface area contributed by atoms with E-state index in [4.69, 9.17) is 8.83 Å². The molecule has 0 aliphatic rings. The number of benzene rings is 1. The molecule has 0 radical (unpaired) electrons. The quantitative estimate of drug-likeness (QED) is 0.191. The van der Waals surface area contributed by atoms with E-state index in [1.54, 1.807) is 25.1 Å². The Balaban J connectivity index is 0.00000363. The zero-order chi connectivity index (χ0) is 22.3. The summed E-state index contributed by atoms with van der Waals surface area (Å²) >= 11 is 0. The molecule has 1 amide bonds. The summed E-state index contributed by atoms with van der Waals surface area (Å²) in [5.74, 6) is 1.80. The van der Waals surface area contributed by atoms with Crippen molar-refractivity contribution in [1.29, 1.82) is 0 Å². The van der Waals surface area contributed by atoms with E-state index in [0.29, 0.717) is 30.5 Å². The van der Waals surface area contributed by atoms with E-state index < -0.39 is 5.60 Å². The third-order valence-electron chi connectivity index (χ3n) is 4.59. The smallest absolute Gasteiger partial charge is 0.291 e. The normalized spacial score (nSPS) is 13.1. The minimum atomic E-state index is -1.17. The van der Waals surface area contributed by atoms with Crippen molar-refractivity contribution in [2.45, 2.75) is 32.9 Å². The Hall–Kier alpha value is -2.79. The average Bonchev–Trinajstić information content (AvgIpc) is 3.43. The molecule has 9 heteroatoms. The van der Waals surface area contributed by atoms with Gasteiger partial charge in [-0.1, -0.05) is 12.1 Å². The third kappa shape index (κ3) is 7.13. The van der Waals surface area contributed by atoms with Crippen LogP contribution in [0, 0.1) is 6.92 Å². The Morgan fingerprint density at radius 1 is 1.12 bits per heavy atom. The molecule has 1 unspecified atom stereocenters. The first-order valence-corrected chi connectivity index (χ1v) is 10.1. The molecule has 1 atom stereocenters. The van der Waals surface area contributed by atoms with E-state index >= 15 is 0 Å². The van der Waals surface area contributed by atoms with Crippen molar-refractivity contribution in [3.63, 3.8) is 0 Å². The van der Waals surface area contributed by atoms with Crippen molar-refractivity contribution in [1.82, 2.24) is 10.6 Å². The summed E-state index contributed by atoms with van der Waals surface area (Å²) in [6, 6.07) is 14.3. The maximum Gasteiger partial charge on any atom is 0.291 e. The van der Waals surface area contributed by atoms with Gasteiger partial charge in [0.25, 0.3) is 5.91 Å². The summed E-state index contributed by atoms with van der Waals surface area (Å²) < 4.78 is 10.6. The van der Waals surface area contributed by atoms with Crippen LogP contribution < -0.4 is 16.0 Å². The molecule has 0 bridgehead atoms. The van der Waals surface area contributed by atoms with Crippen molar-refractivity contribution in [2.75, 3.05) is 18.4 Å². The van der Waals surface area contributed by atoms with Crippen LogP contribution in [0.3, 0.4) is 0 Å². The van der Waals surface area contributed by atoms with Gasteiger partial charge >= 0.3 is 0 Å². The third-order valence-corrected chi connectivity index (χ3v) is 4.59. The fourth-order valence-corrected chi connectivity index (χ4v) is 2.87. The fraction of sp³-hybridized carbons (Fsp3) is 0.304. The second-order valence-corrected chi connectivity index (χ2v) is 7.36. The highest BCUT2D eigenvalue weighted by atomic mass is 127. The molecular formula is C23H29IN4O4. The number of nitrogens with zero attached hydrogens (tertiary/aromatic N) is 1. The van der Waals surface area contributed by atoms with Crippen molar-refractivity contribution in [3.05, 3.63) is 77.6 Å². The maximum absolute atomic E-state index is 12.0. The van der Waals surface area contributed by atoms with Crippen LogP contribution in [0.15, 0.2) is 68.6 Å². The number of hydrogen-bond donors (Lipinski definition) is 4. The molecule has 172 valence electrons. The van der Waals surface area contributed by atoms with Crippen LogP contribution in [-0.4, -0.2) is 30.1 Å². The lowest BCUT2D eigenvalue weighted by atomic mass is 10.0. The van der Waals surface area contributed by atoms with Gasteiger partial charge < -0.3 is 29.9 Å². The highest BCUT2D eigenvalue weighted by Gasteiger charge is 2.27. The number of amides is 1. The Bertz CT molecular complexity index is 1010. The summed E-state index contributed by atoms with van der Waals surface area (Å²) in [7, 11) is 0. The van der Waals surface area contributed by atoms with Crippen molar-refractivity contribution < 1.29 is 18.7 Å². The number of aliphatic hydroxyl groups is 1. The van der Waals surface area contributed by atoms with Gasteiger partial charge in [-0.3, -0.25) is 4.79 Å². The molecule has 1 aromatic carbocycles. The molecule has 8 nitrogen and oxygen atoms in total. The van der Waals surface area contributed by atoms with Gasteiger partial charge in [-0.15, -0.1) is 24.0 Å². The van der Waals surface area contributed by atoms with Gasteiger partial charge in [-0.05, 0) is 62.7 Å². The Morgan fingerprint density at radius 2 is 1.88 bits per heavy atom. The van der Waals surface area contributed by atoms with E-state index in [2.05, 4.69) is 20.9 Å². The molecule has 0 spiro atoms. The number of carbonyl (C=O) groups is 1. The zero-order valence-corrected chi connectivity index (χ0v) is 20.7. The predicted molar refractivity (Wildman–Crippen MR) is 134 cm³/mol. The summed E-state index contributed by atoms with van der Waals surface area (Å²) in [4.78, 5) is 16.6. The number of furan rings is 2. The molecule has 3 rings (SSSR count). The highest BCUT2D eigenvalue weighted by molar-refractivity contribution is 14.0. The monoisotopic (exact) mass is 552 g/mol. The number of halogens is 1. The van der Waals surface area contributed by atoms with Gasteiger partial charge in [-0.25, -0.2) is 4.99 Å². The molecule has 2 heterocycles. The number of hydrogen-bond acceptors (Lipinski definition) is 5. The standard InChI is InChI=1S/C23H28N4O4.HI/c1-4-24-22(26-15-23(3,29)20-12-7-16(2)31-20)25-14-17-8-10-18(11-9-17)27-21(28)19-6-5-13-30-19;/h5-13,29H,4,14-15H2,1-3H3,(H,27,28)(H2,24,25,26);1H. The fourth-order valence-electron chi connectivity index (χ4n) is 2.87. The average molecular weight is 552 g/mol. The Morgan fingerprint density at radius 3 is 2.47 bits per heavy atom. The van der Waals surface area contributed by atoms with E-state index in [1.165, 1.54) is 6.26 Å². The Kier molecular flexibility index (Phi) is 9.33. The largest absolute Gasteiger partial charge is 0.463 e. The van der Waals surface area contributed by atoms with Crippen LogP contribution in [0.2, 0.25) is 0 Å². The van der Waals surface area contributed by atoms with E-state index in [0.717, 1.165) is 11.3 Å². The lowest BCUT2D eigenvalue weighted by molar-refractivity contribution is 0.0378. The maximum atomic E-state index is 12.0. The summed E-state index contributed by atoms with van der Waals surface area (Å²) in [6.45, 7) is 6.87. The van der Waals surface area contributed by atoms with Crippen molar-refractivity contribution in [3.8, 4) is 0 Å². The van der Waals surface area contributed by atoms with Gasteiger partial charge in [-0.2, -0.15) is 0 Å². The van der Waals surface area contributed by atoms with Crippen molar-refractivity contribution in [2.24, 2.45) is 4.99 Å². The molecule has 0 saturated heterocycles. The van der Waals surface area contributed by atoms with E-state index in [1.807, 2.05) is 44.2 Å². The molecular weight excluding hydrogens is 523 g/mol. The van der Waals surface area contributed by atoms with E-state index in [9.17, 15) is 9.90 Å². The number of rotatable bonds is 8. The van der Waals surface area contributed by atoms with Gasteiger partial charge in [0.15, 0.2) is 11.7 Å². The Labute approximate surface area is 204 Å². The van der Waals surface area contributed by atoms with Crippen LogP contribution in [0.5, 0.6) is 0 Å². The number of aryl methyl sites for hydroxylation is 1. The van der Waals surface area contributed by atoms with Crippen LogP contribution >= 0.6 is 24.0 Å². The predicted octanol–water partition coefficient (Wildman–Crippen LogP) is 4.01. The van der Waals surface area contributed by atoms with Crippen LogP contribution in [0.4, 0.5) is 5.69 Å². The molecule has 2 aromatic heterocycles. The summed E-state index contributed by atoms with van der Waals surface area (Å²) in [5, 5.41) is 19.8. The van der Waals surface area contributed by atoms with Gasteiger partial charge in [0.05, 0.1) is 19.4 Å². The van der Waals surface area contributed by atoms with Gasteiger partial charge in [0.2, 0.25) is 0 Å². The number of anilines is 1. The topological polar surface area (TPSA) is 112 Å². The molecule has 32 heavy (non-hydrogen) atoms. The van der Waals surface area contributed by atoms with E-state index in [-0.39, 0.29) is 42.2 Å². The molecule has 0 aliphatic carbocycles. The lowest BCUT2D eigenvalue weighted by Crippen LogP contribution is -2.44. The van der Waals surface area contributed by atoms with Crippen LogP contribution in [0.1, 0.15) is 41.5 Å². The first-order valence-electron chi connectivity index (χ1n) is 10.1. The minimum Gasteiger partial charge on any atom is -0.463 e. The second-order valence-electron chi connectivity index (χ2n) is 7.36.